The first-order chi connectivity index (χ1) is 12.3. The summed E-state index contributed by atoms with van der Waals surface area (Å²) in [6.07, 6.45) is 1.41. The van der Waals surface area contributed by atoms with Crippen LogP contribution in [0.4, 0.5) is 0 Å². The number of sulfonamides is 1. The molecule has 2 rings (SSSR count). The molecule has 0 aliphatic rings. The lowest BCUT2D eigenvalue weighted by atomic mass is 10.1. The summed E-state index contributed by atoms with van der Waals surface area (Å²) in [6.45, 7) is 0.481. The summed E-state index contributed by atoms with van der Waals surface area (Å²) in [5, 5.41) is 7.91. The van der Waals surface area contributed by atoms with Gasteiger partial charge in [0.25, 0.3) is 5.91 Å². The normalized spacial score (nSPS) is 11.0. The second kappa shape index (κ2) is 8.68. The lowest BCUT2D eigenvalue weighted by Crippen LogP contribution is -2.24. The zero-order valence-corrected chi connectivity index (χ0v) is 15.5. The van der Waals surface area contributed by atoms with Crippen LogP contribution >= 0.6 is 0 Å². The third kappa shape index (κ3) is 5.47. The fourth-order valence-corrected chi connectivity index (χ4v) is 2.90. The molecule has 0 saturated heterocycles. The minimum Gasteiger partial charge on any atom is -0.497 e. The van der Waals surface area contributed by atoms with Gasteiger partial charge in [0.2, 0.25) is 10.0 Å². The molecule has 0 unspecified atom stereocenters. The molecule has 2 aromatic carbocycles. The Morgan fingerprint density at radius 2 is 1.62 bits per heavy atom. The minimum absolute atomic E-state index is 0.0847. The van der Waals surface area contributed by atoms with Gasteiger partial charge in [0.05, 0.1) is 19.1 Å². The highest BCUT2D eigenvalue weighted by molar-refractivity contribution is 7.89. The number of primary sulfonamides is 1. The number of carbonyl (C=O) groups is 1. The number of hydrogen-bond donors (Lipinski definition) is 2. The number of ether oxygens (including phenoxy) is 2. The Morgan fingerprint density at radius 1 is 1.04 bits per heavy atom. The van der Waals surface area contributed by atoms with Gasteiger partial charge in [-0.2, -0.15) is 0 Å². The van der Waals surface area contributed by atoms with Crippen LogP contribution in [0.2, 0.25) is 0 Å². The van der Waals surface area contributed by atoms with Crippen LogP contribution in [-0.2, 0) is 16.4 Å². The first kappa shape index (κ1) is 19.7. The van der Waals surface area contributed by atoms with Gasteiger partial charge in [0.15, 0.2) is 0 Å². The Hall–Kier alpha value is -2.58. The maximum Gasteiger partial charge on any atom is 0.251 e. The Labute approximate surface area is 153 Å². The van der Waals surface area contributed by atoms with Crippen LogP contribution in [0.1, 0.15) is 22.3 Å². The van der Waals surface area contributed by atoms with Crippen molar-refractivity contribution in [3.8, 4) is 11.5 Å². The summed E-state index contributed by atoms with van der Waals surface area (Å²) in [6, 6.07) is 11.4. The van der Waals surface area contributed by atoms with Crippen LogP contribution in [0.25, 0.3) is 0 Å². The molecule has 8 heteroatoms. The average Bonchev–Trinajstić information content (AvgIpc) is 2.64. The number of nitrogens with two attached hydrogens (primary N) is 1. The summed E-state index contributed by atoms with van der Waals surface area (Å²) in [5.41, 5.74) is 1.42. The number of hydrogen-bond acceptors (Lipinski definition) is 5. The molecule has 0 saturated carbocycles. The highest BCUT2D eigenvalue weighted by atomic mass is 32.2. The molecule has 7 nitrogen and oxygen atoms in total. The monoisotopic (exact) mass is 378 g/mol. The molecule has 0 radical (unpaired) electrons. The van der Waals surface area contributed by atoms with E-state index in [0.29, 0.717) is 36.4 Å². The lowest BCUT2D eigenvalue weighted by molar-refractivity contribution is 0.0952. The summed E-state index contributed by atoms with van der Waals surface area (Å²) in [4.78, 5) is 12.3. The van der Waals surface area contributed by atoms with Crippen LogP contribution in [0, 0.1) is 0 Å². The van der Waals surface area contributed by atoms with Crippen LogP contribution < -0.4 is 19.9 Å². The van der Waals surface area contributed by atoms with Gasteiger partial charge in [-0.1, -0.05) is 12.1 Å². The maximum atomic E-state index is 12.2. The largest absolute Gasteiger partial charge is 0.497 e. The van der Waals surface area contributed by atoms with E-state index in [-0.39, 0.29) is 10.8 Å². The van der Waals surface area contributed by atoms with E-state index >= 15 is 0 Å². The van der Waals surface area contributed by atoms with Crippen molar-refractivity contribution in [2.45, 2.75) is 17.7 Å². The molecule has 0 heterocycles. The molecule has 0 aliphatic heterocycles. The molecule has 0 bridgehead atoms. The van der Waals surface area contributed by atoms with Gasteiger partial charge >= 0.3 is 0 Å². The second-order valence-corrected chi connectivity index (χ2v) is 7.21. The quantitative estimate of drug-likeness (QED) is 0.680. The van der Waals surface area contributed by atoms with E-state index in [1.54, 1.807) is 30.3 Å². The molecule has 3 N–H and O–H groups in total. The van der Waals surface area contributed by atoms with E-state index in [2.05, 4.69) is 5.32 Å². The van der Waals surface area contributed by atoms with Gasteiger partial charge in [0, 0.05) is 18.2 Å². The number of nitrogens with one attached hydrogen (secondary N) is 1. The molecular formula is C18H22N2O5S. The molecule has 1 amide bonds. The summed E-state index contributed by atoms with van der Waals surface area (Å²) >= 11 is 0. The lowest BCUT2D eigenvalue weighted by Gasteiger charge is -2.09. The van der Waals surface area contributed by atoms with Crippen LogP contribution in [0.3, 0.4) is 0 Å². The molecule has 2 aromatic rings. The van der Waals surface area contributed by atoms with Crippen LogP contribution in [-0.4, -0.2) is 35.1 Å². The topological polar surface area (TPSA) is 108 Å². The molecule has 0 aliphatic carbocycles. The van der Waals surface area contributed by atoms with Gasteiger partial charge in [-0.05, 0) is 42.7 Å². The Balaban J connectivity index is 1.87. The van der Waals surface area contributed by atoms with Crippen LogP contribution in [0.15, 0.2) is 47.4 Å². The fraction of sp³-hybridized carbons (Fsp3) is 0.278. The summed E-state index contributed by atoms with van der Waals surface area (Å²) in [5.74, 6) is 0.876. The van der Waals surface area contributed by atoms with Crippen molar-refractivity contribution in [1.29, 1.82) is 0 Å². The molecule has 0 spiro atoms. The van der Waals surface area contributed by atoms with Crippen molar-refractivity contribution in [2.24, 2.45) is 5.14 Å². The smallest absolute Gasteiger partial charge is 0.251 e. The second-order valence-electron chi connectivity index (χ2n) is 5.65. The number of benzene rings is 2. The molecule has 0 aromatic heterocycles. The number of carbonyl (C=O) groups excluding carboxylic acids is 1. The van der Waals surface area contributed by atoms with Crippen molar-refractivity contribution in [3.05, 3.63) is 53.6 Å². The first-order valence-electron chi connectivity index (χ1n) is 7.96. The number of methoxy groups -OCH3 is 2. The standard InChI is InChI=1S/C18H22N2O5S/c1-24-15-10-14(11-16(12-15)25-2)18(21)20-9-3-4-13-5-7-17(8-6-13)26(19,22)23/h5-8,10-12H,3-4,9H2,1-2H3,(H,20,21)(H2,19,22,23). The Bertz CT molecular complexity index is 841. The predicted molar refractivity (Wildman–Crippen MR) is 98.0 cm³/mol. The first-order valence-corrected chi connectivity index (χ1v) is 9.51. The van der Waals surface area contributed by atoms with Crippen molar-refractivity contribution < 1.29 is 22.7 Å². The fourth-order valence-electron chi connectivity index (χ4n) is 2.38. The maximum absolute atomic E-state index is 12.2. The molecule has 0 fully saturated rings. The van der Waals surface area contributed by atoms with E-state index < -0.39 is 10.0 Å². The zero-order chi connectivity index (χ0) is 19.2. The number of amides is 1. The van der Waals surface area contributed by atoms with E-state index in [1.807, 2.05) is 0 Å². The zero-order valence-electron chi connectivity index (χ0n) is 14.7. The molecule has 0 atom stereocenters. The van der Waals surface area contributed by atoms with E-state index in [9.17, 15) is 13.2 Å². The average molecular weight is 378 g/mol. The molecular weight excluding hydrogens is 356 g/mol. The number of aryl methyl sites for hydroxylation is 1. The van der Waals surface area contributed by atoms with E-state index in [4.69, 9.17) is 14.6 Å². The van der Waals surface area contributed by atoms with E-state index in [1.165, 1.54) is 26.4 Å². The molecule has 26 heavy (non-hydrogen) atoms. The van der Waals surface area contributed by atoms with Crippen molar-refractivity contribution in [3.63, 3.8) is 0 Å². The number of rotatable bonds is 8. The molecule has 140 valence electrons. The third-order valence-corrected chi connectivity index (χ3v) is 4.72. The van der Waals surface area contributed by atoms with E-state index in [0.717, 1.165) is 5.56 Å². The predicted octanol–water partition coefficient (Wildman–Crippen LogP) is 1.71. The van der Waals surface area contributed by atoms with Gasteiger partial charge in [-0.25, -0.2) is 13.6 Å². The Morgan fingerprint density at radius 3 is 2.12 bits per heavy atom. The summed E-state index contributed by atoms with van der Waals surface area (Å²) < 4.78 is 32.7. The van der Waals surface area contributed by atoms with Crippen molar-refractivity contribution in [2.75, 3.05) is 20.8 Å². The SMILES string of the molecule is COc1cc(OC)cc(C(=O)NCCCc2ccc(S(N)(=O)=O)cc2)c1. The minimum atomic E-state index is -3.68. The van der Waals surface area contributed by atoms with Gasteiger partial charge in [-0.3, -0.25) is 4.79 Å². The van der Waals surface area contributed by atoms with Crippen molar-refractivity contribution in [1.82, 2.24) is 5.32 Å². The highest BCUT2D eigenvalue weighted by Crippen LogP contribution is 2.22. The third-order valence-electron chi connectivity index (χ3n) is 3.79. The summed E-state index contributed by atoms with van der Waals surface area (Å²) in [7, 11) is -0.625. The van der Waals surface area contributed by atoms with Gasteiger partial charge in [-0.15, -0.1) is 0 Å². The highest BCUT2D eigenvalue weighted by Gasteiger charge is 2.10. The van der Waals surface area contributed by atoms with Gasteiger partial charge < -0.3 is 14.8 Å². The van der Waals surface area contributed by atoms with Crippen LogP contribution in [0.5, 0.6) is 11.5 Å². The van der Waals surface area contributed by atoms with Gasteiger partial charge in [0.1, 0.15) is 11.5 Å². The van der Waals surface area contributed by atoms with Crippen molar-refractivity contribution >= 4 is 15.9 Å². The Kier molecular flexibility index (Phi) is 6.59.